The maximum Gasteiger partial charge on any atom is 0.326 e. The molecule has 29 heavy (non-hydrogen) atoms. The number of hydrogen-bond donors (Lipinski definition) is 0. The number of benzene rings is 2. The smallest absolute Gasteiger partial charge is 0.326 e. The Morgan fingerprint density at radius 2 is 1.83 bits per heavy atom. The first-order valence-electron chi connectivity index (χ1n) is 9.51. The third kappa shape index (κ3) is 4.76. The molecule has 3 rings (SSSR count). The molecule has 0 unspecified atom stereocenters. The van der Waals surface area contributed by atoms with Crippen molar-refractivity contribution in [2.75, 3.05) is 11.4 Å². The van der Waals surface area contributed by atoms with Gasteiger partial charge in [-0.15, -0.1) is 0 Å². The quantitative estimate of drug-likeness (QED) is 0.330. The molecule has 150 valence electrons. The van der Waals surface area contributed by atoms with Crippen molar-refractivity contribution in [1.82, 2.24) is 0 Å². The van der Waals surface area contributed by atoms with Crippen LogP contribution in [-0.2, 0) is 14.3 Å². The third-order valence-electron chi connectivity index (χ3n) is 4.71. The second-order valence-electron chi connectivity index (χ2n) is 7.99. The Hall–Kier alpha value is -3.31. The number of nitrogens with zero attached hydrogens (tertiary/aromatic N) is 4. The number of azide groups is 1. The molecule has 7 heteroatoms. The SMILES string of the molecule is CC(C)(C)OC(=O)CN1C(=O)[C@H](N=[N+]=[N-])C[C@H](c2ccccc2)c2ccccc21. The summed E-state index contributed by atoms with van der Waals surface area (Å²) in [4.78, 5) is 30.0. The first-order valence-corrected chi connectivity index (χ1v) is 9.51. The van der Waals surface area contributed by atoms with Crippen molar-refractivity contribution in [1.29, 1.82) is 0 Å². The van der Waals surface area contributed by atoms with Crippen LogP contribution in [0.3, 0.4) is 0 Å². The summed E-state index contributed by atoms with van der Waals surface area (Å²) in [5.41, 5.74) is 10.9. The standard InChI is InChI=1S/C22H24N4O3/c1-22(2,3)29-20(27)14-26-19-12-8-7-11-16(19)17(15-9-5-4-6-10-15)13-18(21(26)28)24-25-23/h4-12,17-18H,13-14H2,1-3H3/t17-,18-/m1/s1. The largest absolute Gasteiger partial charge is 0.459 e. The van der Waals surface area contributed by atoms with Gasteiger partial charge in [-0.3, -0.25) is 9.59 Å². The number of para-hydroxylation sites is 1. The lowest BCUT2D eigenvalue weighted by Gasteiger charge is -2.26. The second kappa shape index (κ2) is 8.37. The van der Waals surface area contributed by atoms with Gasteiger partial charge in [0.05, 0.1) is 0 Å². The molecule has 0 N–H and O–H groups in total. The van der Waals surface area contributed by atoms with E-state index in [2.05, 4.69) is 10.0 Å². The van der Waals surface area contributed by atoms with Gasteiger partial charge in [0, 0.05) is 16.5 Å². The number of carbonyl (C=O) groups is 2. The van der Waals surface area contributed by atoms with Crippen LogP contribution in [0.25, 0.3) is 10.4 Å². The van der Waals surface area contributed by atoms with Crippen molar-refractivity contribution in [2.45, 2.75) is 44.8 Å². The molecule has 2 atom stereocenters. The Labute approximate surface area is 169 Å². The summed E-state index contributed by atoms with van der Waals surface area (Å²) in [6, 6.07) is 16.3. The normalized spacial score (nSPS) is 19.0. The Balaban J connectivity index is 2.07. The third-order valence-corrected chi connectivity index (χ3v) is 4.71. The Morgan fingerprint density at radius 1 is 1.17 bits per heavy atom. The number of esters is 1. The lowest BCUT2D eigenvalue weighted by molar-refractivity contribution is -0.153. The van der Waals surface area contributed by atoms with Crippen LogP contribution in [0.1, 0.15) is 44.2 Å². The predicted molar refractivity (Wildman–Crippen MR) is 110 cm³/mol. The summed E-state index contributed by atoms with van der Waals surface area (Å²) in [5.74, 6) is -1.06. The highest BCUT2D eigenvalue weighted by molar-refractivity contribution is 6.02. The number of fused-ring (bicyclic) bond motifs is 1. The van der Waals surface area contributed by atoms with Crippen molar-refractivity contribution in [3.63, 3.8) is 0 Å². The van der Waals surface area contributed by atoms with Crippen LogP contribution >= 0.6 is 0 Å². The molecule has 2 aromatic carbocycles. The average Bonchev–Trinajstić information content (AvgIpc) is 2.78. The lowest BCUT2D eigenvalue weighted by atomic mass is 9.86. The zero-order valence-corrected chi connectivity index (χ0v) is 16.8. The number of hydrogen-bond acceptors (Lipinski definition) is 4. The summed E-state index contributed by atoms with van der Waals surface area (Å²) in [5, 5.41) is 3.75. The topological polar surface area (TPSA) is 95.4 Å². The van der Waals surface area contributed by atoms with Gasteiger partial charge in [0.25, 0.3) is 0 Å². The second-order valence-corrected chi connectivity index (χ2v) is 7.99. The summed E-state index contributed by atoms with van der Waals surface area (Å²) >= 11 is 0. The van der Waals surface area contributed by atoms with E-state index in [0.29, 0.717) is 12.1 Å². The molecule has 1 amide bonds. The number of rotatable bonds is 4. The zero-order valence-electron chi connectivity index (χ0n) is 16.8. The molecule has 0 radical (unpaired) electrons. The Morgan fingerprint density at radius 3 is 2.48 bits per heavy atom. The van der Waals surface area contributed by atoms with Gasteiger partial charge in [0.2, 0.25) is 5.91 Å². The Kier molecular flexibility index (Phi) is 5.89. The van der Waals surface area contributed by atoms with Crippen LogP contribution in [0.2, 0.25) is 0 Å². The van der Waals surface area contributed by atoms with Gasteiger partial charge < -0.3 is 9.64 Å². The molecule has 0 saturated carbocycles. The molecule has 0 spiro atoms. The fourth-order valence-electron chi connectivity index (χ4n) is 3.60. The molecule has 0 bridgehead atoms. The summed E-state index contributed by atoms with van der Waals surface area (Å²) in [6.45, 7) is 5.08. The van der Waals surface area contributed by atoms with Gasteiger partial charge in [-0.05, 0) is 49.9 Å². The maximum absolute atomic E-state index is 13.2. The lowest BCUT2D eigenvalue weighted by Crippen LogP contribution is -2.42. The summed E-state index contributed by atoms with van der Waals surface area (Å²) in [7, 11) is 0. The van der Waals surface area contributed by atoms with E-state index < -0.39 is 23.5 Å². The van der Waals surface area contributed by atoms with Crippen molar-refractivity contribution < 1.29 is 14.3 Å². The van der Waals surface area contributed by atoms with Crippen molar-refractivity contribution in [3.05, 3.63) is 76.2 Å². The average molecular weight is 392 g/mol. The molecule has 0 fully saturated rings. The van der Waals surface area contributed by atoms with E-state index in [1.165, 1.54) is 4.90 Å². The fourth-order valence-corrected chi connectivity index (χ4v) is 3.60. The van der Waals surface area contributed by atoms with E-state index >= 15 is 0 Å². The molecule has 0 aliphatic carbocycles. The molecular weight excluding hydrogens is 368 g/mol. The molecular formula is C22H24N4O3. The van der Waals surface area contributed by atoms with E-state index in [9.17, 15) is 9.59 Å². The van der Waals surface area contributed by atoms with Crippen LogP contribution in [0, 0.1) is 0 Å². The molecule has 2 aromatic rings. The molecule has 1 aliphatic rings. The van der Waals surface area contributed by atoms with E-state index in [4.69, 9.17) is 10.3 Å². The minimum absolute atomic E-state index is 0.143. The summed E-state index contributed by atoms with van der Waals surface area (Å²) in [6.07, 6.45) is 0.328. The first kappa shape index (κ1) is 20.4. The molecule has 7 nitrogen and oxygen atoms in total. The van der Waals surface area contributed by atoms with Crippen molar-refractivity contribution >= 4 is 17.6 Å². The van der Waals surface area contributed by atoms with Crippen LogP contribution in [-0.4, -0.2) is 30.1 Å². The Bertz CT molecular complexity index is 946. The van der Waals surface area contributed by atoms with Crippen LogP contribution in [0.5, 0.6) is 0 Å². The van der Waals surface area contributed by atoms with Gasteiger partial charge in [-0.1, -0.05) is 53.6 Å². The van der Waals surface area contributed by atoms with Crippen LogP contribution in [0.15, 0.2) is 59.7 Å². The predicted octanol–water partition coefficient (Wildman–Crippen LogP) is 4.58. The number of amides is 1. The van der Waals surface area contributed by atoms with Crippen molar-refractivity contribution in [2.24, 2.45) is 5.11 Å². The number of anilines is 1. The van der Waals surface area contributed by atoms with Gasteiger partial charge in [-0.25, -0.2) is 0 Å². The van der Waals surface area contributed by atoms with E-state index in [-0.39, 0.29) is 12.5 Å². The van der Waals surface area contributed by atoms with Gasteiger partial charge >= 0.3 is 5.97 Å². The van der Waals surface area contributed by atoms with Gasteiger partial charge in [0.1, 0.15) is 18.2 Å². The minimum atomic E-state index is -0.917. The van der Waals surface area contributed by atoms with E-state index in [1.807, 2.05) is 54.6 Å². The molecule has 1 aliphatic heterocycles. The fraction of sp³-hybridized carbons (Fsp3) is 0.364. The van der Waals surface area contributed by atoms with E-state index in [1.54, 1.807) is 20.8 Å². The van der Waals surface area contributed by atoms with Crippen molar-refractivity contribution in [3.8, 4) is 0 Å². The molecule has 0 saturated heterocycles. The van der Waals surface area contributed by atoms with Crippen LogP contribution < -0.4 is 4.90 Å². The minimum Gasteiger partial charge on any atom is -0.459 e. The van der Waals surface area contributed by atoms with E-state index in [0.717, 1.165) is 11.1 Å². The summed E-state index contributed by atoms with van der Waals surface area (Å²) < 4.78 is 5.42. The maximum atomic E-state index is 13.2. The molecule has 0 aromatic heterocycles. The van der Waals surface area contributed by atoms with Gasteiger partial charge in [0.15, 0.2) is 0 Å². The number of carbonyl (C=O) groups excluding carboxylic acids is 2. The first-order chi connectivity index (χ1) is 13.8. The zero-order chi connectivity index (χ0) is 21.0. The monoisotopic (exact) mass is 392 g/mol. The highest BCUT2D eigenvalue weighted by atomic mass is 16.6. The highest BCUT2D eigenvalue weighted by Crippen LogP contribution is 2.39. The highest BCUT2D eigenvalue weighted by Gasteiger charge is 2.36. The molecule has 1 heterocycles. The van der Waals surface area contributed by atoms with Gasteiger partial charge in [-0.2, -0.15) is 0 Å². The number of ether oxygens (including phenoxy) is 1. The van der Waals surface area contributed by atoms with Crippen LogP contribution in [0.4, 0.5) is 5.69 Å².